The van der Waals surface area contributed by atoms with Crippen molar-refractivity contribution in [2.45, 2.75) is 6.10 Å². The van der Waals surface area contributed by atoms with Crippen LogP contribution in [-0.2, 0) is 0 Å². The number of ether oxygens (including phenoxy) is 1. The maximum absolute atomic E-state index is 6.09. The van der Waals surface area contributed by atoms with Gasteiger partial charge in [-0.05, 0) is 42.0 Å². The van der Waals surface area contributed by atoms with Crippen LogP contribution in [0.3, 0.4) is 0 Å². The van der Waals surface area contributed by atoms with Gasteiger partial charge < -0.3 is 10.5 Å². The van der Waals surface area contributed by atoms with Gasteiger partial charge in [-0.2, -0.15) is 0 Å². The molecule has 0 aliphatic heterocycles. The predicted octanol–water partition coefficient (Wildman–Crippen LogP) is 3.97. The summed E-state index contributed by atoms with van der Waals surface area (Å²) in [6, 6.07) is 17.3. The molecule has 0 aliphatic carbocycles. The molecule has 1 aromatic heterocycles. The highest BCUT2D eigenvalue weighted by atomic mass is 35.5. The second-order valence-electron chi connectivity index (χ2n) is 4.72. The molecule has 2 N–H and O–H groups in total. The van der Waals surface area contributed by atoms with Gasteiger partial charge in [-0.1, -0.05) is 29.8 Å². The number of fused-ring (bicyclic) bond motifs is 1. The molecule has 106 valence electrons. The molecule has 1 atom stereocenters. The fraction of sp³-hybridized carbons (Fsp3) is 0.118. The number of benzene rings is 2. The van der Waals surface area contributed by atoms with E-state index in [-0.39, 0.29) is 6.10 Å². The molecule has 0 spiro atoms. The standard InChI is InChI=1S/C17H15ClN2O/c18-13-8-6-12(7-9-13)17(11-19)21-16-5-1-4-15-14(16)3-2-10-20-15/h1-10,17H,11,19H2. The number of aromatic nitrogens is 1. The van der Waals surface area contributed by atoms with Crippen LogP contribution in [0.4, 0.5) is 0 Å². The summed E-state index contributed by atoms with van der Waals surface area (Å²) in [5, 5.41) is 1.68. The number of halogens is 1. The minimum absolute atomic E-state index is 0.215. The minimum atomic E-state index is -0.215. The molecule has 3 aromatic rings. The molecule has 4 heteroatoms. The van der Waals surface area contributed by atoms with E-state index < -0.39 is 0 Å². The third-order valence-corrected chi connectivity index (χ3v) is 3.58. The summed E-state index contributed by atoms with van der Waals surface area (Å²) in [6.45, 7) is 0.387. The second-order valence-corrected chi connectivity index (χ2v) is 5.16. The molecular formula is C17H15ClN2O. The van der Waals surface area contributed by atoms with Gasteiger partial charge in [-0.15, -0.1) is 0 Å². The van der Waals surface area contributed by atoms with Crippen molar-refractivity contribution >= 4 is 22.5 Å². The summed E-state index contributed by atoms with van der Waals surface area (Å²) >= 11 is 5.92. The Morgan fingerprint density at radius 2 is 1.86 bits per heavy atom. The maximum atomic E-state index is 6.09. The topological polar surface area (TPSA) is 48.1 Å². The van der Waals surface area contributed by atoms with Crippen molar-refractivity contribution in [1.29, 1.82) is 0 Å². The van der Waals surface area contributed by atoms with Crippen molar-refractivity contribution in [3.8, 4) is 5.75 Å². The highest BCUT2D eigenvalue weighted by Gasteiger charge is 2.13. The zero-order chi connectivity index (χ0) is 14.7. The van der Waals surface area contributed by atoms with Crippen LogP contribution in [0.2, 0.25) is 5.02 Å². The van der Waals surface area contributed by atoms with Crippen LogP contribution in [0, 0.1) is 0 Å². The van der Waals surface area contributed by atoms with Gasteiger partial charge >= 0.3 is 0 Å². The lowest BCUT2D eigenvalue weighted by molar-refractivity contribution is 0.217. The molecule has 2 aromatic carbocycles. The summed E-state index contributed by atoms with van der Waals surface area (Å²) in [7, 11) is 0. The van der Waals surface area contributed by atoms with E-state index in [4.69, 9.17) is 22.1 Å². The smallest absolute Gasteiger partial charge is 0.136 e. The van der Waals surface area contributed by atoms with Crippen molar-refractivity contribution in [2.75, 3.05) is 6.54 Å². The first-order valence-electron chi connectivity index (χ1n) is 6.74. The van der Waals surface area contributed by atoms with Crippen molar-refractivity contribution < 1.29 is 4.74 Å². The molecule has 3 rings (SSSR count). The zero-order valence-corrected chi connectivity index (χ0v) is 12.1. The Hall–Kier alpha value is -2.10. The van der Waals surface area contributed by atoms with E-state index in [2.05, 4.69) is 4.98 Å². The lowest BCUT2D eigenvalue weighted by Crippen LogP contribution is -2.18. The number of pyridine rings is 1. The van der Waals surface area contributed by atoms with Gasteiger partial charge in [0.1, 0.15) is 11.9 Å². The number of rotatable bonds is 4. The average molecular weight is 299 g/mol. The normalized spacial score (nSPS) is 12.3. The van der Waals surface area contributed by atoms with E-state index in [0.29, 0.717) is 11.6 Å². The molecule has 1 heterocycles. The maximum Gasteiger partial charge on any atom is 0.136 e. The fourth-order valence-corrected chi connectivity index (χ4v) is 2.39. The summed E-state index contributed by atoms with van der Waals surface area (Å²) in [4.78, 5) is 4.33. The van der Waals surface area contributed by atoms with E-state index in [1.807, 2.05) is 54.6 Å². The molecule has 0 aliphatic rings. The van der Waals surface area contributed by atoms with Crippen molar-refractivity contribution in [3.05, 3.63) is 71.4 Å². The van der Waals surface area contributed by atoms with Gasteiger partial charge in [-0.25, -0.2) is 0 Å². The van der Waals surface area contributed by atoms with Crippen molar-refractivity contribution in [2.24, 2.45) is 5.73 Å². The monoisotopic (exact) mass is 298 g/mol. The summed E-state index contributed by atoms with van der Waals surface area (Å²) in [5.41, 5.74) is 7.77. The SMILES string of the molecule is NCC(Oc1cccc2ncccc12)c1ccc(Cl)cc1. The third kappa shape index (κ3) is 2.99. The molecule has 3 nitrogen and oxygen atoms in total. The quantitative estimate of drug-likeness (QED) is 0.793. The van der Waals surface area contributed by atoms with Gasteiger partial charge in [0, 0.05) is 23.2 Å². The number of nitrogens with two attached hydrogens (primary N) is 1. The Labute approximate surface area is 128 Å². The lowest BCUT2D eigenvalue weighted by Gasteiger charge is -2.19. The van der Waals surface area contributed by atoms with E-state index in [9.17, 15) is 0 Å². The van der Waals surface area contributed by atoms with E-state index in [1.165, 1.54) is 0 Å². The van der Waals surface area contributed by atoms with Crippen LogP contribution in [0.1, 0.15) is 11.7 Å². The summed E-state index contributed by atoms with van der Waals surface area (Å²) in [6.07, 6.45) is 1.55. The predicted molar refractivity (Wildman–Crippen MR) is 85.6 cm³/mol. The first-order valence-corrected chi connectivity index (χ1v) is 7.11. The van der Waals surface area contributed by atoms with Gasteiger partial charge in [0.05, 0.1) is 5.52 Å². The molecule has 1 unspecified atom stereocenters. The molecule has 0 saturated heterocycles. The first-order chi connectivity index (χ1) is 10.3. The Bertz CT molecular complexity index is 738. The van der Waals surface area contributed by atoms with E-state index >= 15 is 0 Å². The molecule has 21 heavy (non-hydrogen) atoms. The number of nitrogens with zero attached hydrogens (tertiary/aromatic N) is 1. The zero-order valence-electron chi connectivity index (χ0n) is 11.4. The molecule has 0 bridgehead atoms. The van der Waals surface area contributed by atoms with Gasteiger partial charge in [0.15, 0.2) is 0 Å². The fourth-order valence-electron chi connectivity index (χ4n) is 2.26. The molecule has 0 saturated carbocycles. The van der Waals surface area contributed by atoms with E-state index in [0.717, 1.165) is 22.2 Å². The Morgan fingerprint density at radius 3 is 2.62 bits per heavy atom. The Kier molecular flexibility index (Phi) is 4.04. The van der Waals surface area contributed by atoms with Gasteiger partial charge in [-0.3, -0.25) is 4.98 Å². The molecule has 0 radical (unpaired) electrons. The van der Waals surface area contributed by atoms with Crippen LogP contribution in [0.5, 0.6) is 5.75 Å². The van der Waals surface area contributed by atoms with Crippen molar-refractivity contribution in [3.63, 3.8) is 0 Å². The number of hydrogen-bond donors (Lipinski definition) is 1. The highest BCUT2D eigenvalue weighted by molar-refractivity contribution is 6.30. The van der Waals surface area contributed by atoms with E-state index in [1.54, 1.807) is 6.20 Å². The van der Waals surface area contributed by atoms with Crippen LogP contribution in [0.25, 0.3) is 10.9 Å². The Balaban J connectivity index is 1.94. The van der Waals surface area contributed by atoms with Gasteiger partial charge in [0.25, 0.3) is 0 Å². The van der Waals surface area contributed by atoms with Crippen LogP contribution in [-0.4, -0.2) is 11.5 Å². The largest absolute Gasteiger partial charge is 0.484 e. The van der Waals surface area contributed by atoms with Crippen molar-refractivity contribution in [1.82, 2.24) is 4.98 Å². The first kappa shape index (κ1) is 13.9. The lowest BCUT2D eigenvalue weighted by atomic mass is 10.1. The summed E-state index contributed by atoms with van der Waals surface area (Å²) < 4.78 is 6.09. The average Bonchev–Trinajstić information content (AvgIpc) is 2.54. The Morgan fingerprint density at radius 1 is 1.05 bits per heavy atom. The third-order valence-electron chi connectivity index (χ3n) is 3.33. The van der Waals surface area contributed by atoms with Crippen LogP contribution < -0.4 is 10.5 Å². The van der Waals surface area contributed by atoms with Crippen LogP contribution in [0.15, 0.2) is 60.8 Å². The number of hydrogen-bond acceptors (Lipinski definition) is 3. The molecule has 0 fully saturated rings. The minimum Gasteiger partial charge on any atom is -0.484 e. The van der Waals surface area contributed by atoms with Crippen LogP contribution >= 0.6 is 11.6 Å². The molecule has 0 amide bonds. The molecular weight excluding hydrogens is 284 g/mol. The summed E-state index contributed by atoms with van der Waals surface area (Å²) in [5.74, 6) is 0.783. The highest BCUT2D eigenvalue weighted by Crippen LogP contribution is 2.28. The second kappa shape index (κ2) is 6.12. The van der Waals surface area contributed by atoms with Gasteiger partial charge in [0.2, 0.25) is 0 Å².